The lowest BCUT2D eigenvalue weighted by molar-refractivity contribution is -0.256. The number of fused-ring (bicyclic) bond motifs is 6. The van der Waals surface area contributed by atoms with Crippen LogP contribution in [-0.2, 0) is 58.9 Å². The summed E-state index contributed by atoms with van der Waals surface area (Å²) in [7, 11) is 1.52. The van der Waals surface area contributed by atoms with Gasteiger partial charge in [-0.15, -0.1) is 0 Å². The third-order valence-electron chi connectivity index (χ3n) is 14.1. The minimum Gasteiger partial charge on any atom is -0.507 e. The number of methoxy groups -OCH3 is 1. The van der Waals surface area contributed by atoms with Crippen molar-refractivity contribution in [3.63, 3.8) is 0 Å². The lowest BCUT2D eigenvalue weighted by Crippen LogP contribution is -2.55. The monoisotopic (exact) mass is 973 g/mol. The molecular weight excluding hydrogens is 915 g/mol. The highest BCUT2D eigenvalue weighted by atomic mass is 16.7. The number of rotatable bonds is 16. The van der Waals surface area contributed by atoms with Crippen molar-refractivity contribution in [1.29, 1.82) is 0 Å². The molecule has 0 saturated carbocycles. The number of nitrogens with one attached hydrogen (secondary N) is 3. The van der Waals surface area contributed by atoms with Gasteiger partial charge >= 0.3 is 0 Å². The number of benzene rings is 2. The number of ether oxygens (including phenoxy) is 5. The van der Waals surface area contributed by atoms with Gasteiger partial charge in [-0.25, -0.2) is 0 Å². The van der Waals surface area contributed by atoms with E-state index in [4.69, 9.17) is 23.7 Å². The van der Waals surface area contributed by atoms with Crippen LogP contribution in [0.3, 0.4) is 0 Å². The van der Waals surface area contributed by atoms with E-state index in [2.05, 4.69) is 20.9 Å². The summed E-state index contributed by atoms with van der Waals surface area (Å²) in [6.07, 6.45) is -1.09. The van der Waals surface area contributed by atoms with E-state index in [1.165, 1.54) is 51.3 Å². The zero-order valence-corrected chi connectivity index (χ0v) is 39.8. The van der Waals surface area contributed by atoms with Crippen molar-refractivity contribution in [1.82, 2.24) is 20.4 Å². The molecule has 3 fully saturated rings. The lowest BCUT2D eigenvalue weighted by atomic mass is 9.72. The SMILES string of the molecule is CO[C@H]1OCCN2[C@@H]1O[C@@H]1[C@H](C)OC(O[C@H]3C[C@](O)(C(C)=O)Cc4c(O)c5c(c(O)c43)C(=O)c3c(NC(=O)[C@H](C)NC(=O)[C@@H](NC(=O)CCCCCN4C(=O)C=CC4=O)C(C)C)cccc3C5=O)C[C@@H]12. The number of aromatic hydroxyl groups is 2. The Morgan fingerprint density at radius 2 is 1.63 bits per heavy atom. The molecule has 0 aromatic heterocycles. The molecule has 21 nitrogen and oxygen atoms in total. The van der Waals surface area contributed by atoms with Crippen LogP contribution in [0.5, 0.6) is 11.5 Å². The molecule has 6 N–H and O–H groups in total. The van der Waals surface area contributed by atoms with E-state index >= 15 is 0 Å². The number of ketones is 3. The smallest absolute Gasteiger partial charge is 0.253 e. The number of nitrogens with zero attached hydrogens (tertiary/aromatic N) is 2. The van der Waals surface area contributed by atoms with E-state index in [1.54, 1.807) is 13.8 Å². The molecule has 2 aromatic rings. The van der Waals surface area contributed by atoms with E-state index in [-0.39, 0.29) is 71.3 Å². The van der Waals surface area contributed by atoms with E-state index in [9.17, 15) is 53.7 Å². The summed E-state index contributed by atoms with van der Waals surface area (Å²) in [6.45, 7) is 8.95. The Hall–Kier alpha value is -5.94. The number of unbranched alkanes of at least 4 members (excludes halogenated alkanes) is 2. The molecule has 0 bridgehead atoms. The zero-order valence-electron chi connectivity index (χ0n) is 39.8. The normalized spacial score (nSPS) is 27.8. The summed E-state index contributed by atoms with van der Waals surface area (Å²) in [5.74, 6) is -6.95. The summed E-state index contributed by atoms with van der Waals surface area (Å²) < 4.78 is 30.4. The molecule has 1 unspecified atom stereocenters. The summed E-state index contributed by atoms with van der Waals surface area (Å²) in [5.41, 5.74) is -4.19. The highest BCUT2D eigenvalue weighted by Crippen LogP contribution is 2.53. The van der Waals surface area contributed by atoms with Gasteiger partial charge in [-0.05, 0) is 45.6 Å². The first kappa shape index (κ1) is 50.4. The second-order valence-corrected chi connectivity index (χ2v) is 19.1. The second kappa shape index (κ2) is 20.1. The molecule has 21 heteroatoms. The summed E-state index contributed by atoms with van der Waals surface area (Å²) in [6, 6.07) is 1.58. The number of hydrogen-bond acceptors (Lipinski definition) is 17. The molecule has 8 rings (SSSR count). The number of Topliss-reactive ketones (excluding diaryl/α,β-unsaturated/α-hetero) is 1. The fourth-order valence-corrected chi connectivity index (χ4v) is 10.3. The number of hydrogen-bond donors (Lipinski definition) is 6. The molecule has 2 aliphatic carbocycles. The Labute approximate surface area is 403 Å². The van der Waals surface area contributed by atoms with Gasteiger partial charge in [0, 0.05) is 80.8 Å². The number of morpholine rings is 1. The Morgan fingerprint density at radius 1 is 0.914 bits per heavy atom. The number of carbonyl (C=O) groups is 8. The first-order chi connectivity index (χ1) is 33.2. The molecule has 2 aromatic carbocycles. The maximum atomic E-state index is 14.7. The van der Waals surface area contributed by atoms with Gasteiger partial charge in [0.25, 0.3) is 11.8 Å². The predicted octanol–water partition coefficient (Wildman–Crippen LogP) is 1.80. The Morgan fingerprint density at radius 3 is 2.31 bits per heavy atom. The van der Waals surface area contributed by atoms with E-state index in [0.29, 0.717) is 32.4 Å². The Balaban J connectivity index is 0.979. The third-order valence-corrected chi connectivity index (χ3v) is 14.1. The maximum Gasteiger partial charge on any atom is 0.253 e. The Bertz CT molecular complexity index is 2530. The van der Waals surface area contributed by atoms with Crippen LogP contribution in [-0.4, -0.2) is 154 Å². The molecule has 4 heterocycles. The van der Waals surface area contributed by atoms with E-state index < -0.39 is 125 Å². The van der Waals surface area contributed by atoms with Crippen LogP contribution in [0.15, 0.2) is 30.4 Å². The largest absolute Gasteiger partial charge is 0.507 e. The minimum atomic E-state index is -2.11. The molecular formula is C49H59N5O16. The standard InChI is InChI=1S/C49H59N5O16/c1-22(2)39(52-31(56)13-8-7-9-16-54-32(57)14-15-33(54)58)46(64)50-23(3)45(63)51-28-12-10-11-26-35(28)42(61)38-37(40(26)59)41(60)27-20-49(65,25(5)55)21-30(36(27)43(38)62)69-34-19-29-44(24(4)68-34)70-47-48(66-6)67-18-17-53(29)47/h10-12,14-15,22-24,29-30,34,39,44,47-48,60,62,65H,7-9,13,16-21H2,1-6H3,(H,50,64)(H,51,63)(H,52,56)/t23-,24-,29-,30-,34?,39-,44+,47+,48-,49-/m0/s1. The van der Waals surface area contributed by atoms with Crippen LogP contribution in [0, 0.1) is 5.92 Å². The predicted molar refractivity (Wildman–Crippen MR) is 243 cm³/mol. The number of phenols is 2. The number of carbonyl (C=O) groups excluding carboxylic acids is 8. The quantitative estimate of drug-likeness (QED) is 0.0678. The van der Waals surface area contributed by atoms with Crippen LogP contribution in [0.2, 0.25) is 0 Å². The van der Waals surface area contributed by atoms with Crippen LogP contribution in [0.4, 0.5) is 5.69 Å². The minimum absolute atomic E-state index is 0.0721. The first-order valence-corrected chi connectivity index (χ1v) is 23.6. The summed E-state index contributed by atoms with van der Waals surface area (Å²) in [5, 5.41) is 43.8. The van der Waals surface area contributed by atoms with Gasteiger partial charge in [-0.1, -0.05) is 32.4 Å². The van der Waals surface area contributed by atoms with Crippen molar-refractivity contribution < 1.29 is 77.4 Å². The molecule has 0 radical (unpaired) electrons. The zero-order chi connectivity index (χ0) is 50.5. The number of phenolic OH excluding ortho intramolecular Hbond substituents is 2. The number of amides is 5. The van der Waals surface area contributed by atoms with Gasteiger partial charge in [0.2, 0.25) is 17.7 Å². The second-order valence-electron chi connectivity index (χ2n) is 19.1. The van der Waals surface area contributed by atoms with Crippen LogP contribution < -0.4 is 16.0 Å². The van der Waals surface area contributed by atoms with E-state index in [1.807, 2.05) is 6.92 Å². The molecule has 376 valence electrons. The molecule has 10 atom stereocenters. The van der Waals surface area contributed by atoms with Gasteiger partial charge in [-0.2, -0.15) is 0 Å². The average Bonchev–Trinajstić information content (AvgIpc) is 3.86. The summed E-state index contributed by atoms with van der Waals surface area (Å²) in [4.78, 5) is 109. The number of imide groups is 1. The van der Waals surface area contributed by atoms with Gasteiger partial charge in [0.1, 0.15) is 35.3 Å². The highest BCUT2D eigenvalue weighted by molar-refractivity contribution is 6.32. The lowest BCUT2D eigenvalue weighted by Gasteiger charge is -2.43. The molecule has 6 aliphatic rings. The van der Waals surface area contributed by atoms with Crippen LogP contribution in [0.1, 0.15) is 122 Å². The molecule has 5 amide bonds. The third kappa shape index (κ3) is 9.38. The average molecular weight is 974 g/mol. The van der Waals surface area contributed by atoms with Gasteiger partial charge in [0.05, 0.1) is 41.2 Å². The van der Waals surface area contributed by atoms with Crippen molar-refractivity contribution in [2.75, 3.05) is 32.1 Å². The van der Waals surface area contributed by atoms with Crippen molar-refractivity contribution in [3.05, 3.63) is 63.7 Å². The molecule has 0 spiro atoms. The van der Waals surface area contributed by atoms with Gasteiger partial charge in [-0.3, -0.25) is 48.2 Å². The van der Waals surface area contributed by atoms with Crippen LogP contribution >= 0.6 is 0 Å². The molecule has 70 heavy (non-hydrogen) atoms. The molecule has 4 aliphatic heterocycles. The number of anilines is 1. The topological polar surface area (TPSA) is 286 Å². The number of aliphatic hydroxyl groups is 1. The fourth-order valence-electron chi connectivity index (χ4n) is 10.3. The first-order valence-electron chi connectivity index (χ1n) is 23.6. The van der Waals surface area contributed by atoms with E-state index in [0.717, 1.165) is 4.90 Å². The van der Waals surface area contributed by atoms with Gasteiger partial charge in [0.15, 0.2) is 36.2 Å². The van der Waals surface area contributed by atoms with Crippen LogP contribution in [0.25, 0.3) is 0 Å². The van der Waals surface area contributed by atoms with Crippen molar-refractivity contribution in [2.24, 2.45) is 5.92 Å². The summed E-state index contributed by atoms with van der Waals surface area (Å²) >= 11 is 0. The van der Waals surface area contributed by atoms with Crippen molar-refractivity contribution in [2.45, 2.75) is 140 Å². The maximum absolute atomic E-state index is 14.7. The Kier molecular flexibility index (Phi) is 14.4. The van der Waals surface area contributed by atoms with Crippen molar-refractivity contribution in [3.8, 4) is 11.5 Å². The fraction of sp³-hybridized carbons (Fsp3) is 0.551. The van der Waals surface area contributed by atoms with Gasteiger partial charge < -0.3 is 55.0 Å². The highest BCUT2D eigenvalue weighted by Gasteiger charge is 2.55. The van der Waals surface area contributed by atoms with Crippen molar-refractivity contribution >= 4 is 52.6 Å². The molecule has 3 saturated heterocycles.